The zero-order valence-corrected chi connectivity index (χ0v) is 20.0. The number of amides is 1. The van der Waals surface area contributed by atoms with Crippen molar-refractivity contribution in [2.45, 2.75) is 18.9 Å². The van der Waals surface area contributed by atoms with E-state index in [0.29, 0.717) is 22.7 Å². The van der Waals surface area contributed by atoms with Gasteiger partial charge in [0.1, 0.15) is 17.7 Å². The summed E-state index contributed by atoms with van der Waals surface area (Å²) >= 11 is 0. The molecule has 0 spiro atoms. The number of aromatic nitrogens is 1. The van der Waals surface area contributed by atoms with Crippen LogP contribution in [0.15, 0.2) is 76.7 Å². The average molecular weight is 496 g/mol. The molecule has 0 saturated carbocycles. The molecule has 5 rings (SSSR count). The van der Waals surface area contributed by atoms with E-state index in [2.05, 4.69) is 10.5 Å². The minimum absolute atomic E-state index is 0. The molecule has 1 aromatic heterocycles. The van der Waals surface area contributed by atoms with Crippen LogP contribution in [0.25, 0.3) is 11.3 Å². The zero-order valence-electron chi connectivity index (χ0n) is 19.1. The zero-order chi connectivity index (χ0) is 23.7. The fraction of sp³-hybridized carbons (Fsp3) is 0.269. The van der Waals surface area contributed by atoms with Crippen molar-refractivity contribution in [2.24, 2.45) is 5.92 Å². The Hall–Kier alpha value is -3.62. The molecule has 1 atom stereocenters. The van der Waals surface area contributed by atoms with Crippen molar-refractivity contribution in [3.63, 3.8) is 0 Å². The molecule has 2 aromatic carbocycles. The Bertz CT molecular complexity index is 1220. The second-order valence-corrected chi connectivity index (χ2v) is 8.46. The normalized spacial score (nSPS) is 18.5. The van der Waals surface area contributed by atoms with Gasteiger partial charge >= 0.3 is 0 Å². The topological polar surface area (TPSA) is 105 Å². The Kier molecular flexibility index (Phi) is 7.23. The highest BCUT2D eigenvalue weighted by molar-refractivity contribution is 6.20. The molecule has 3 heterocycles. The number of nitrogens with one attached hydrogen (secondary N) is 1. The molecule has 0 radical (unpaired) electrons. The number of ketones is 1. The minimum Gasteiger partial charge on any atom is -0.503 e. The third-order valence-electron chi connectivity index (χ3n) is 6.56. The van der Waals surface area contributed by atoms with E-state index < -0.39 is 17.7 Å². The van der Waals surface area contributed by atoms with Crippen LogP contribution in [-0.2, 0) is 4.79 Å². The van der Waals surface area contributed by atoms with Crippen LogP contribution < -0.4 is 15.0 Å². The van der Waals surface area contributed by atoms with Gasteiger partial charge in [-0.15, -0.1) is 12.4 Å². The standard InChI is InChI=1S/C26H25N3O5.ClH/c1-33-20-8-4-18(5-9-20)24(30)22-23(17-10-13-27-14-11-17)29(26(32)25(22)31)19-6-2-16(3-7-19)21-12-15-34-28-21;/h2-9,12,15,17,23,27,31H,10-11,13-14H2,1H3;1H. The molecule has 182 valence electrons. The molecule has 1 fully saturated rings. The van der Waals surface area contributed by atoms with Crippen molar-refractivity contribution in [1.29, 1.82) is 0 Å². The van der Waals surface area contributed by atoms with Crippen LogP contribution in [0.4, 0.5) is 5.69 Å². The van der Waals surface area contributed by atoms with Crippen LogP contribution in [0.3, 0.4) is 0 Å². The maximum absolute atomic E-state index is 13.6. The van der Waals surface area contributed by atoms with Gasteiger partial charge in [0.15, 0.2) is 11.5 Å². The predicted octanol–water partition coefficient (Wildman–Crippen LogP) is 4.18. The van der Waals surface area contributed by atoms with Crippen molar-refractivity contribution in [3.05, 3.63) is 77.8 Å². The van der Waals surface area contributed by atoms with Crippen LogP contribution in [0, 0.1) is 5.92 Å². The van der Waals surface area contributed by atoms with E-state index in [1.54, 1.807) is 42.3 Å². The number of carbonyl (C=O) groups is 2. The molecular formula is C26H26ClN3O5. The van der Waals surface area contributed by atoms with E-state index in [4.69, 9.17) is 9.26 Å². The summed E-state index contributed by atoms with van der Waals surface area (Å²) < 4.78 is 10.1. The summed E-state index contributed by atoms with van der Waals surface area (Å²) in [5.41, 5.74) is 2.70. The number of Topliss-reactive ketones (excluding diaryl/α,β-unsaturated/α-hetero) is 1. The molecule has 8 nitrogen and oxygen atoms in total. The Morgan fingerprint density at radius 3 is 2.37 bits per heavy atom. The van der Waals surface area contributed by atoms with Gasteiger partial charge in [-0.2, -0.15) is 0 Å². The third kappa shape index (κ3) is 4.54. The predicted molar refractivity (Wildman–Crippen MR) is 133 cm³/mol. The summed E-state index contributed by atoms with van der Waals surface area (Å²) in [5, 5.41) is 18.2. The van der Waals surface area contributed by atoms with Crippen LogP contribution in [-0.4, -0.2) is 48.2 Å². The largest absolute Gasteiger partial charge is 0.503 e. The molecule has 35 heavy (non-hydrogen) atoms. The first-order valence-corrected chi connectivity index (χ1v) is 11.3. The number of ether oxygens (including phenoxy) is 1. The Balaban J connectivity index is 0.00000289. The van der Waals surface area contributed by atoms with Crippen LogP contribution in [0.2, 0.25) is 0 Å². The summed E-state index contributed by atoms with van der Waals surface area (Å²) in [7, 11) is 1.56. The molecule has 0 aliphatic carbocycles. The summed E-state index contributed by atoms with van der Waals surface area (Å²) in [6.45, 7) is 1.58. The lowest BCUT2D eigenvalue weighted by Crippen LogP contribution is -2.45. The van der Waals surface area contributed by atoms with E-state index in [-0.39, 0.29) is 29.7 Å². The van der Waals surface area contributed by atoms with Gasteiger partial charge in [-0.05, 0) is 68.2 Å². The van der Waals surface area contributed by atoms with Crippen molar-refractivity contribution >= 4 is 29.8 Å². The molecule has 2 aliphatic heterocycles. The van der Waals surface area contributed by atoms with E-state index >= 15 is 0 Å². The van der Waals surface area contributed by atoms with Crippen molar-refractivity contribution in [2.75, 3.05) is 25.1 Å². The van der Waals surface area contributed by atoms with Gasteiger partial charge in [-0.3, -0.25) is 14.5 Å². The summed E-state index contributed by atoms with van der Waals surface area (Å²) in [5.74, 6) is -0.735. The Labute approximate surface area is 209 Å². The SMILES string of the molecule is COc1ccc(C(=O)C2=C(O)C(=O)N(c3ccc(-c4ccon4)cc3)C2C2CCNCC2)cc1.Cl. The van der Waals surface area contributed by atoms with Crippen molar-refractivity contribution < 1.29 is 24.0 Å². The molecule has 1 amide bonds. The highest BCUT2D eigenvalue weighted by Crippen LogP contribution is 2.39. The minimum atomic E-state index is -0.561. The number of carbonyl (C=O) groups excluding carboxylic acids is 2. The number of benzene rings is 2. The van der Waals surface area contributed by atoms with Crippen molar-refractivity contribution in [1.82, 2.24) is 10.5 Å². The molecule has 3 aromatic rings. The number of methoxy groups -OCH3 is 1. The molecule has 2 N–H and O–H groups in total. The molecule has 1 saturated heterocycles. The maximum atomic E-state index is 13.6. The summed E-state index contributed by atoms with van der Waals surface area (Å²) in [4.78, 5) is 28.5. The fourth-order valence-corrected chi connectivity index (χ4v) is 4.80. The lowest BCUT2D eigenvalue weighted by molar-refractivity contribution is -0.117. The molecule has 9 heteroatoms. The number of hydrogen-bond acceptors (Lipinski definition) is 7. The van der Waals surface area contributed by atoms with Crippen LogP contribution >= 0.6 is 12.4 Å². The number of nitrogens with zero attached hydrogens (tertiary/aromatic N) is 2. The van der Waals surface area contributed by atoms with Crippen LogP contribution in [0.5, 0.6) is 5.75 Å². The monoisotopic (exact) mass is 495 g/mol. The fourth-order valence-electron chi connectivity index (χ4n) is 4.80. The van der Waals surface area contributed by atoms with Crippen LogP contribution in [0.1, 0.15) is 23.2 Å². The average Bonchev–Trinajstić information content (AvgIpc) is 3.52. The highest BCUT2D eigenvalue weighted by Gasteiger charge is 2.47. The quantitative estimate of drug-likeness (QED) is 0.494. The number of hydrogen-bond donors (Lipinski definition) is 2. The first-order valence-electron chi connectivity index (χ1n) is 11.3. The van der Waals surface area contributed by atoms with Gasteiger partial charge in [0.2, 0.25) is 0 Å². The first kappa shape index (κ1) is 24.5. The lowest BCUT2D eigenvalue weighted by atomic mass is 9.83. The van der Waals surface area contributed by atoms with Gasteiger partial charge in [-0.25, -0.2) is 0 Å². The third-order valence-corrected chi connectivity index (χ3v) is 6.56. The van der Waals surface area contributed by atoms with E-state index in [9.17, 15) is 14.7 Å². The Morgan fingerprint density at radius 1 is 1.09 bits per heavy atom. The van der Waals surface area contributed by atoms with Crippen molar-refractivity contribution in [3.8, 4) is 17.0 Å². The molecule has 0 bridgehead atoms. The number of aliphatic hydroxyl groups excluding tert-OH is 1. The number of aliphatic hydroxyl groups is 1. The number of halogens is 1. The maximum Gasteiger partial charge on any atom is 0.294 e. The van der Waals surface area contributed by atoms with E-state index in [1.807, 2.05) is 24.3 Å². The van der Waals surface area contributed by atoms with Gasteiger partial charge in [-0.1, -0.05) is 17.3 Å². The van der Waals surface area contributed by atoms with Gasteiger partial charge < -0.3 is 19.7 Å². The van der Waals surface area contributed by atoms with Gasteiger partial charge in [0.05, 0.1) is 18.7 Å². The Morgan fingerprint density at radius 2 is 1.77 bits per heavy atom. The molecule has 1 unspecified atom stereocenters. The summed E-state index contributed by atoms with van der Waals surface area (Å²) in [6, 6.07) is 15.2. The lowest BCUT2D eigenvalue weighted by Gasteiger charge is -2.35. The molecular weight excluding hydrogens is 470 g/mol. The second kappa shape index (κ2) is 10.3. The van der Waals surface area contributed by atoms with E-state index in [1.165, 1.54) is 6.26 Å². The molecule has 2 aliphatic rings. The van der Waals surface area contributed by atoms with Gasteiger partial charge in [0.25, 0.3) is 5.91 Å². The van der Waals surface area contributed by atoms with E-state index in [0.717, 1.165) is 31.5 Å². The van der Waals surface area contributed by atoms with Gasteiger partial charge in [0, 0.05) is 22.9 Å². The first-order chi connectivity index (χ1) is 16.6. The number of piperidine rings is 1. The second-order valence-electron chi connectivity index (χ2n) is 8.46. The highest BCUT2D eigenvalue weighted by atomic mass is 35.5. The number of rotatable bonds is 6. The number of anilines is 1. The summed E-state index contributed by atoms with van der Waals surface area (Å²) in [6.07, 6.45) is 3.08. The smallest absolute Gasteiger partial charge is 0.294 e.